The number of carbonyl (C=O) groups excluding carboxylic acids is 1. The second-order valence-electron chi connectivity index (χ2n) is 4.22. The Morgan fingerprint density at radius 1 is 1.30 bits per heavy atom. The van der Waals surface area contributed by atoms with Gasteiger partial charge in [-0.15, -0.1) is 0 Å². The van der Waals surface area contributed by atoms with Gasteiger partial charge < -0.3 is 9.72 Å². The van der Waals surface area contributed by atoms with Gasteiger partial charge >= 0.3 is 0 Å². The van der Waals surface area contributed by atoms with Crippen LogP contribution in [0, 0.1) is 5.82 Å². The molecule has 0 radical (unpaired) electrons. The monoisotopic (exact) mass is 289 g/mol. The molecule has 0 aliphatic carbocycles. The molecule has 0 bridgehead atoms. The lowest BCUT2D eigenvalue weighted by molar-refractivity contribution is 0.102. The molecule has 20 heavy (non-hydrogen) atoms. The van der Waals surface area contributed by atoms with Crippen LogP contribution in [-0.4, -0.2) is 15.3 Å². The molecule has 2 aromatic heterocycles. The summed E-state index contributed by atoms with van der Waals surface area (Å²) in [7, 11) is 0. The first kappa shape index (κ1) is 12.6. The molecule has 6 heteroatoms. The number of hydrogen-bond donors (Lipinski definition) is 1. The van der Waals surface area contributed by atoms with Crippen LogP contribution in [0.1, 0.15) is 10.4 Å². The number of benzene rings is 1. The van der Waals surface area contributed by atoms with Gasteiger partial charge in [0.2, 0.25) is 0 Å². The first-order valence-corrected chi connectivity index (χ1v) is 6.19. The van der Waals surface area contributed by atoms with Gasteiger partial charge in [-0.05, 0) is 30.3 Å². The van der Waals surface area contributed by atoms with Crippen molar-refractivity contribution in [3.8, 4) is 0 Å². The fraction of sp³-hybridized carbons (Fsp3) is 0. The van der Waals surface area contributed by atoms with Crippen molar-refractivity contribution in [3.05, 3.63) is 65.5 Å². The Labute approximate surface area is 118 Å². The van der Waals surface area contributed by atoms with E-state index in [0.29, 0.717) is 11.3 Å². The topological polar surface area (TPSA) is 46.4 Å². The maximum absolute atomic E-state index is 13.0. The molecule has 0 fully saturated rings. The van der Waals surface area contributed by atoms with Crippen molar-refractivity contribution in [3.63, 3.8) is 0 Å². The second kappa shape index (κ2) is 4.94. The van der Waals surface area contributed by atoms with Crippen molar-refractivity contribution in [2.24, 2.45) is 0 Å². The number of pyridine rings is 1. The Bertz CT molecular complexity index is 800. The van der Waals surface area contributed by atoms with Gasteiger partial charge in [0.15, 0.2) is 0 Å². The van der Waals surface area contributed by atoms with E-state index in [9.17, 15) is 9.18 Å². The maximum atomic E-state index is 13.0. The number of rotatable bonds is 2. The van der Waals surface area contributed by atoms with Gasteiger partial charge in [0.25, 0.3) is 5.91 Å². The van der Waals surface area contributed by atoms with Crippen LogP contribution in [0.15, 0.2) is 49.1 Å². The highest BCUT2D eigenvalue weighted by atomic mass is 35.5. The van der Waals surface area contributed by atoms with E-state index in [1.165, 1.54) is 18.2 Å². The summed E-state index contributed by atoms with van der Waals surface area (Å²) >= 11 is 5.67. The third-order valence-corrected chi connectivity index (χ3v) is 3.14. The molecule has 0 aliphatic rings. The van der Waals surface area contributed by atoms with Crippen LogP contribution in [-0.2, 0) is 0 Å². The van der Waals surface area contributed by atoms with Gasteiger partial charge in [-0.2, -0.15) is 0 Å². The number of imidazole rings is 1. The molecule has 3 aromatic rings. The largest absolute Gasteiger partial charge is 0.322 e. The lowest BCUT2D eigenvalue weighted by Crippen LogP contribution is -2.12. The second-order valence-corrected chi connectivity index (χ2v) is 4.63. The Hall–Kier alpha value is -2.40. The predicted octanol–water partition coefficient (Wildman–Crippen LogP) is 3.38. The number of hydrogen-bond acceptors (Lipinski definition) is 2. The minimum absolute atomic E-state index is 0.0333. The predicted molar refractivity (Wildman–Crippen MR) is 74.6 cm³/mol. The summed E-state index contributed by atoms with van der Waals surface area (Å²) in [4.78, 5) is 16.1. The molecule has 0 spiro atoms. The van der Waals surface area contributed by atoms with E-state index in [-0.39, 0.29) is 10.9 Å². The summed E-state index contributed by atoms with van der Waals surface area (Å²) in [5.74, 6) is -0.818. The fourth-order valence-corrected chi connectivity index (χ4v) is 2.02. The average molecular weight is 290 g/mol. The number of nitrogens with zero attached hydrogens (tertiary/aromatic N) is 2. The van der Waals surface area contributed by atoms with Gasteiger partial charge in [0.05, 0.1) is 23.1 Å². The van der Waals surface area contributed by atoms with Gasteiger partial charge in [0, 0.05) is 17.4 Å². The van der Waals surface area contributed by atoms with Crippen LogP contribution in [0.4, 0.5) is 10.1 Å². The third-order valence-electron chi connectivity index (χ3n) is 2.85. The van der Waals surface area contributed by atoms with Crippen molar-refractivity contribution >= 4 is 28.7 Å². The molecule has 2 heterocycles. The van der Waals surface area contributed by atoms with E-state index < -0.39 is 5.82 Å². The van der Waals surface area contributed by atoms with E-state index >= 15 is 0 Å². The fourth-order valence-electron chi connectivity index (χ4n) is 1.84. The van der Waals surface area contributed by atoms with Crippen molar-refractivity contribution in [2.75, 3.05) is 5.32 Å². The molecule has 100 valence electrons. The van der Waals surface area contributed by atoms with Gasteiger partial charge in [-0.3, -0.25) is 4.79 Å². The smallest absolute Gasteiger partial charge is 0.255 e. The number of anilines is 1. The molecule has 1 aromatic carbocycles. The van der Waals surface area contributed by atoms with Crippen LogP contribution in [0.3, 0.4) is 0 Å². The molecule has 1 N–H and O–H groups in total. The number of nitrogens with one attached hydrogen (secondary N) is 1. The molecular formula is C14H9ClFN3O. The van der Waals surface area contributed by atoms with Crippen LogP contribution in [0.5, 0.6) is 0 Å². The zero-order valence-corrected chi connectivity index (χ0v) is 10.9. The van der Waals surface area contributed by atoms with E-state index in [2.05, 4.69) is 10.3 Å². The highest BCUT2D eigenvalue weighted by Gasteiger charge is 2.08. The molecule has 4 nitrogen and oxygen atoms in total. The van der Waals surface area contributed by atoms with E-state index in [1.807, 2.05) is 0 Å². The van der Waals surface area contributed by atoms with E-state index in [4.69, 9.17) is 11.6 Å². The number of carbonyl (C=O) groups is 1. The molecule has 3 rings (SSSR count). The van der Waals surface area contributed by atoms with Gasteiger partial charge in [-0.25, -0.2) is 9.37 Å². The van der Waals surface area contributed by atoms with Crippen LogP contribution in [0.2, 0.25) is 5.02 Å². The third kappa shape index (κ3) is 2.35. The SMILES string of the molecule is O=C(Nc1ccc(F)c(Cl)c1)c1ccn2cncc2c1. The lowest BCUT2D eigenvalue weighted by atomic mass is 10.2. The molecule has 0 saturated heterocycles. The first-order valence-electron chi connectivity index (χ1n) is 5.81. The molecule has 0 saturated carbocycles. The Balaban J connectivity index is 1.86. The van der Waals surface area contributed by atoms with Crippen LogP contribution >= 0.6 is 11.6 Å². The summed E-state index contributed by atoms with van der Waals surface area (Å²) in [6.45, 7) is 0. The minimum Gasteiger partial charge on any atom is -0.322 e. The lowest BCUT2D eigenvalue weighted by Gasteiger charge is -2.06. The number of aromatic nitrogens is 2. The Kier molecular flexibility index (Phi) is 3.12. The highest BCUT2D eigenvalue weighted by Crippen LogP contribution is 2.20. The summed E-state index contributed by atoms with van der Waals surface area (Å²) < 4.78 is 14.8. The molecular weight excluding hydrogens is 281 g/mol. The molecule has 0 atom stereocenters. The van der Waals surface area contributed by atoms with Crippen molar-refractivity contribution in [1.82, 2.24) is 9.38 Å². The van der Waals surface area contributed by atoms with Crippen molar-refractivity contribution in [2.45, 2.75) is 0 Å². The summed E-state index contributed by atoms with van der Waals surface area (Å²) in [5.41, 5.74) is 1.74. The summed E-state index contributed by atoms with van der Waals surface area (Å²) in [5, 5.41) is 2.63. The minimum atomic E-state index is -0.523. The number of amides is 1. The Morgan fingerprint density at radius 2 is 2.15 bits per heavy atom. The zero-order valence-electron chi connectivity index (χ0n) is 10.2. The highest BCUT2D eigenvalue weighted by molar-refractivity contribution is 6.31. The molecule has 1 amide bonds. The van der Waals surface area contributed by atoms with E-state index in [0.717, 1.165) is 5.52 Å². The number of halogens is 2. The van der Waals surface area contributed by atoms with Crippen LogP contribution in [0.25, 0.3) is 5.52 Å². The normalized spacial score (nSPS) is 10.7. The quantitative estimate of drug-likeness (QED) is 0.786. The standard InChI is InChI=1S/C14H9ClFN3O/c15-12-6-10(1-2-13(12)16)18-14(20)9-3-4-19-8-17-7-11(19)5-9/h1-8H,(H,18,20). The van der Waals surface area contributed by atoms with E-state index in [1.54, 1.807) is 35.3 Å². The van der Waals surface area contributed by atoms with Gasteiger partial charge in [0.1, 0.15) is 5.82 Å². The van der Waals surface area contributed by atoms with Crippen LogP contribution < -0.4 is 5.32 Å². The van der Waals surface area contributed by atoms with Crippen molar-refractivity contribution < 1.29 is 9.18 Å². The Morgan fingerprint density at radius 3 is 2.95 bits per heavy atom. The molecule has 0 aliphatic heterocycles. The summed E-state index contributed by atoms with van der Waals surface area (Å²) in [6.07, 6.45) is 5.05. The summed E-state index contributed by atoms with van der Waals surface area (Å²) in [6, 6.07) is 7.42. The zero-order chi connectivity index (χ0) is 14.1. The maximum Gasteiger partial charge on any atom is 0.255 e. The average Bonchev–Trinajstić information content (AvgIpc) is 2.90. The first-order chi connectivity index (χ1) is 9.63. The van der Waals surface area contributed by atoms with Gasteiger partial charge in [-0.1, -0.05) is 11.6 Å². The molecule has 0 unspecified atom stereocenters. The van der Waals surface area contributed by atoms with Crippen molar-refractivity contribution in [1.29, 1.82) is 0 Å². The number of fused-ring (bicyclic) bond motifs is 1.